The highest BCUT2D eigenvalue weighted by Crippen LogP contribution is 2.40. The molecule has 0 spiro atoms. The highest BCUT2D eigenvalue weighted by molar-refractivity contribution is 7.86. The van der Waals surface area contributed by atoms with Gasteiger partial charge in [-0.05, 0) is 81.8 Å². The van der Waals surface area contributed by atoms with Gasteiger partial charge in [0.15, 0.2) is 6.79 Å². The van der Waals surface area contributed by atoms with Gasteiger partial charge in [-0.15, -0.1) is 0 Å². The summed E-state index contributed by atoms with van der Waals surface area (Å²) in [4.78, 5) is 26.8. The fourth-order valence-electron chi connectivity index (χ4n) is 5.74. The summed E-state index contributed by atoms with van der Waals surface area (Å²) in [6.07, 6.45) is 7.81. The second-order valence-electron chi connectivity index (χ2n) is 14.5. The molecule has 1 saturated heterocycles. The van der Waals surface area contributed by atoms with Crippen LogP contribution in [0, 0.1) is 5.92 Å². The van der Waals surface area contributed by atoms with Crippen molar-refractivity contribution in [1.82, 2.24) is 0 Å². The van der Waals surface area contributed by atoms with Crippen LogP contribution >= 0.6 is 0 Å². The Morgan fingerprint density at radius 1 is 1.06 bits per heavy atom. The molecule has 3 rings (SSSR count). The molecule has 0 bridgehead atoms. The minimum Gasteiger partial charge on any atom is -0.497 e. The molecule has 0 radical (unpaired) electrons. The zero-order valence-electron chi connectivity index (χ0n) is 31.3. The predicted octanol–water partition coefficient (Wildman–Crippen LogP) is 7.30. The number of rotatable bonds is 19. The van der Waals surface area contributed by atoms with E-state index in [2.05, 4.69) is 19.6 Å². The topological polar surface area (TPSA) is 133 Å². The zero-order valence-corrected chi connectivity index (χ0v) is 33.1. The third-order valence-corrected chi connectivity index (χ3v) is 10.5. The molecule has 1 aliphatic heterocycles. The fraction of sp³-hybridized carbons (Fsp3) is 0.526. The van der Waals surface area contributed by atoms with Crippen molar-refractivity contribution in [1.29, 1.82) is 0 Å². The summed E-state index contributed by atoms with van der Waals surface area (Å²) in [5.74, 6) is -0.331. The van der Waals surface area contributed by atoms with Crippen LogP contribution < -0.4 is 9.47 Å². The highest BCUT2D eigenvalue weighted by atomic mass is 32.2. The van der Waals surface area contributed by atoms with Crippen LogP contribution in [0.15, 0.2) is 60.7 Å². The number of allylic oxidation sites excluding steroid dienone is 1. The molecule has 3 unspecified atom stereocenters. The third kappa shape index (κ3) is 14.2. The molecule has 0 aromatic heterocycles. The molecule has 0 aliphatic carbocycles. The van der Waals surface area contributed by atoms with Crippen molar-refractivity contribution in [2.75, 3.05) is 33.9 Å². The van der Waals surface area contributed by atoms with Crippen molar-refractivity contribution in [2.45, 2.75) is 89.6 Å². The molecule has 13 heteroatoms. The molecule has 282 valence electrons. The first kappa shape index (κ1) is 41.9. The first-order chi connectivity index (χ1) is 23.9. The van der Waals surface area contributed by atoms with Gasteiger partial charge in [-0.25, -0.2) is 9.59 Å². The smallest absolute Gasteiger partial charge is 0.342 e. The van der Waals surface area contributed by atoms with Crippen molar-refractivity contribution in [3.05, 3.63) is 77.4 Å². The van der Waals surface area contributed by atoms with Crippen LogP contribution in [0.3, 0.4) is 0 Å². The van der Waals surface area contributed by atoms with Gasteiger partial charge in [0.1, 0.15) is 29.3 Å². The first-order valence-corrected chi connectivity index (χ1v) is 22.6. The van der Waals surface area contributed by atoms with E-state index in [1.807, 2.05) is 32.1 Å². The van der Waals surface area contributed by atoms with Crippen molar-refractivity contribution < 1.29 is 50.6 Å². The van der Waals surface area contributed by atoms with E-state index in [9.17, 15) is 18.0 Å². The second kappa shape index (κ2) is 18.8. The molecular formula is C38H54O11SSi. The van der Waals surface area contributed by atoms with Crippen LogP contribution in [0.4, 0.5) is 0 Å². The van der Waals surface area contributed by atoms with Gasteiger partial charge in [0.2, 0.25) is 0 Å². The number of hydrogen-bond donors (Lipinski definition) is 0. The Morgan fingerprint density at radius 3 is 2.39 bits per heavy atom. The SMILES string of the molecule is COCOc1cc(OC)cc(/C=C/C[C@@H]2CC(C)(C)OC2C(/C=C\CC(C)OS(C)(=O)=O)OC(=O)c2ccccc2)c1C(=O)OCC[Si](C)(C)C. The number of hydrogen-bond acceptors (Lipinski definition) is 11. The van der Waals surface area contributed by atoms with Gasteiger partial charge in [-0.1, -0.05) is 56.1 Å². The van der Waals surface area contributed by atoms with E-state index >= 15 is 0 Å². The van der Waals surface area contributed by atoms with Gasteiger partial charge in [0.05, 0.1) is 37.2 Å². The summed E-state index contributed by atoms with van der Waals surface area (Å²) >= 11 is 0. The van der Waals surface area contributed by atoms with E-state index in [1.54, 1.807) is 55.5 Å². The van der Waals surface area contributed by atoms with Crippen LogP contribution in [0.25, 0.3) is 6.08 Å². The Kier molecular flexibility index (Phi) is 15.5. The van der Waals surface area contributed by atoms with Gasteiger partial charge in [0.25, 0.3) is 10.1 Å². The molecule has 0 saturated carbocycles. The Bertz CT molecular complexity index is 1610. The van der Waals surface area contributed by atoms with E-state index in [4.69, 9.17) is 32.6 Å². The van der Waals surface area contributed by atoms with Crippen molar-refractivity contribution in [3.8, 4) is 11.5 Å². The normalized spacial score (nSPS) is 18.8. The maximum absolute atomic E-state index is 13.5. The van der Waals surface area contributed by atoms with Gasteiger partial charge < -0.3 is 28.4 Å². The van der Waals surface area contributed by atoms with E-state index in [0.717, 1.165) is 12.3 Å². The molecular weight excluding hydrogens is 693 g/mol. The summed E-state index contributed by atoms with van der Waals surface area (Å²) in [5, 5.41) is 0. The third-order valence-electron chi connectivity index (χ3n) is 8.08. The van der Waals surface area contributed by atoms with Crippen LogP contribution in [0.2, 0.25) is 25.7 Å². The average molecular weight is 747 g/mol. The average Bonchev–Trinajstić information content (AvgIpc) is 3.35. The molecule has 51 heavy (non-hydrogen) atoms. The van der Waals surface area contributed by atoms with E-state index in [-0.39, 0.29) is 30.4 Å². The number of carbonyl (C=O) groups is 2. The quantitative estimate of drug-likeness (QED) is 0.0472. The Morgan fingerprint density at radius 2 is 1.76 bits per heavy atom. The Labute approximate surface area is 304 Å². The van der Waals surface area contributed by atoms with Gasteiger partial charge >= 0.3 is 11.9 Å². The monoisotopic (exact) mass is 746 g/mol. The lowest BCUT2D eigenvalue weighted by Gasteiger charge is -2.26. The second-order valence-corrected chi connectivity index (χ2v) is 21.8. The maximum atomic E-state index is 13.5. The van der Waals surface area contributed by atoms with E-state index in [1.165, 1.54) is 14.2 Å². The van der Waals surface area contributed by atoms with Gasteiger partial charge in [-0.2, -0.15) is 8.42 Å². The summed E-state index contributed by atoms with van der Waals surface area (Å²) in [5.41, 5.74) is 0.693. The van der Waals surface area contributed by atoms with E-state index in [0.29, 0.717) is 36.3 Å². The van der Waals surface area contributed by atoms with Gasteiger partial charge in [0, 0.05) is 21.3 Å². The Hall–Kier alpha value is -3.49. The van der Waals surface area contributed by atoms with Crippen molar-refractivity contribution >= 4 is 36.2 Å². The summed E-state index contributed by atoms with van der Waals surface area (Å²) in [6, 6.07) is 12.9. The largest absolute Gasteiger partial charge is 0.497 e. The molecule has 1 fully saturated rings. The van der Waals surface area contributed by atoms with Crippen LogP contribution in [-0.2, 0) is 33.2 Å². The number of benzene rings is 2. The zero-order chi connectivity index (χ0) is 37.8. The molecule has 0 N–H and O–H groups in total. The first-order valence-electron chi connectivity index (χ1n) is 17.1. The lowest BCUT2D eigenvalue weighted by atomic mass is 9.88. The van der Waals surface area contributed by atoms with Crippen molar-refractivity contribution in [3.63, 3.8) is 0 Å². The van der Waals surface area contributed by atoms with Crippen molar-refractivity contribution in [2.24, 2.45) is 5.92 Å². The molecule has 1 aliphatic rings. The minimum atomic E-state index is -3.63. The summed E-state index contributed by atoms with van der Waals surface area (Å²) in [6.45, 7) is 12.5. The van der Waals surface area contributed by atoms with E-state index < -0.39 is 54.0 Å². The summed E-state index contributed by atoms with van der Waals surface area (Å²) < 4.78 is 63.1. The fourth-order valence-corrected chi connectivity index (χ4v) is 7.13. The predicted molar refractivity (Wildman–Crippen MR) is 199 cm³/mol. The molecule has 1 heterocycles. The number of methoxy groups -OCH3 is 2. The van der Waals surface area contributed by atoms with Gasteiger partial charge in [-0.3, -0.25) is 4.18 Å². The highest BCUT2D eigenvalue weighted by Gasteiger charge is 2.44. The number of carbonyl (C=O) groups excluding carboxylic acids is 2. The maximum Gasteiger partial charge on any atom is 0.342 e. The van der Waals surface area contributed by atoms with Crippen LogP contribution in [0.5, 0.6) is 11.5 Å². The molecule has 2 aromatic rings. The molecule has 4 atom stereocenters. The Balaban J connectivity index is 1.93. The lowest BCUT2D eigenvalue weighted by molar-refractivity contribution is -0.0723. The molecule has 2 aromatic carbocycles. The van der Waals surface area contributed by atoms with Crippen LogP contribution in [-0.4, -0.2) is 86.2 Å². The minimum absolute atomic E-state index is 0.0720. The summed E-state index contributed by atoms with van der Waals surface area (Å²) in [7, 11) is -2.05. The number of ether oxygens (including phenoxy) is 6. The lowest BCUT2D eigenvalue weighted by Crippen LogP contribution is -2.35. The van der Waals surface area contributed by atoms with Crippen LogP contribution in [0.1, 0.15) is 66.3 Å². The standard InChI is InChI=1S/C38H54O11SSi/c1-27(49-50(6,41)42)15-13-20-32(47-36(39)28-16-11-10-12-17-28)35-30(25-38(2,3)48-35)19-14-18-29-23-31(44-5)24-33(46-26-43-4)34(29)37(40)45-21-22-51(7,8)9/h10-14,16-18,20,23-24,27,30,32,35H,15,19,21-22,25-26H2,1-9H3/b18-14+,20-13-/t27?,30-,32?,35?/m1/s1. The molecule has 0 amide bonds. The molecule has 11 nitrogen and oxygen atoms in total. The number of esters is 2.